The number of hydrogen-bond donors (Lipinski definition) is 0. The number of ketones is 3. The lowest BCUT2D eigenvalue weighted by Crippen LogP contribution is -2.02. The summed E-state index contributed by atoms with van der Waals surface area (Å²) in [5.41, 5.74) is 24.8. The van der Waals surface area contributed by atoms with E-state index in [1.165, 1.54) is 0 Å². The van der Waals surface area contributed by atoms with Gasteiger partial charge < -0.3 is 9.47 Å². The average molecular weight is 1500 g/mol. The average Bonchev–Trinajstić information content (AvgIpc) is 1.60. The monoisotopic (exact) mass is 1490 g/mol. The summed E-state index contributed by atoms with van der Waals surface area (Å²) in [5.74, 6) is 21.9. The summed E-state index contributed by atoms with van der Waals surface area (Å²) in [7, 11) is 0. The highest BCUT2D eigenvalue weighted by Gasteiger charge is 2.39. The van der Waals surface area contributed by atoms with Crippen LogP contribution in [-0.4, -0.2) is 17.3 Å². The molecule has 3 aliphatic carbocycles. The molecule has 5 heteroatoms. The molecule has 0 aliphatic heterocycles. The summed E-state index contributed by atoms with van der Waals surface area (Å²) in [5, 5.41) is 0. The van der Waals surface area contributed by atoms with Crippen molar-refractivity contribution in [1.82, 2.24) is 0 Å². The van der Waals surface area contributed by atoms with Gasteiger partial charge in [-0.05, 0) is 201 Å². The Morgan fingerprint density at radius 3 is 0.564 bits per heavy atom. The molecule has 0 unspecified atom stereocenters. The van der Waals surface area contributed by atoms with Crippen molar-refractivity contribution in [2.75, 3.05) is 0 Å². The van der Waals surface area contributed by atoms with Crippen molar-refractivity contribution in [3.63, 3.8) is 0 Å². The van der Waals surface area contributed by atoms with Crippen molar-refractivity contribution in [2.45, 2.75) is 6.92 Å². The molecule has 0 bridgehead atoms. The van der Waals surface area contributed by atoms with Crippen LogP contribution in [-0.2, 0) is 14.4 Å². The van der Waals surface area contributed by atoms with Gasteiger partial charge in [0, 0.05) is 100 Å². The van der Waals surface area contributed by atoms with Crippen LogP contribution in [0.1, 0.15) is 106 Å². The summed E-state index contributed by atoms with van der Waals surface area (Å²) >= 11 is 0. The Balaban J connectivity index is 0.675. The van der Waals surface area contributed by atoms with Gasteiger partial charge in [-0.2, -0.15) is 0 Å². The van der Waals surface area contributed by atoms with E-state index in [9.17, 15) is 0 Å². The van der Waals surface area contributed by atoms with Crippen molar-refractivity contribution in [1.29, 1.82) is 0 Å². The van der Waals surface area contributed by atoms with Crippen LogP contribution in [0.3, 0.4) is 0 Å². The Labute approximate surface area is 681 Å². The molecule has 15 aromatic rings. The van der Waals surface area contributed by atoms with Crippen molar-refractivity contribution >= 4 is 84.2 Å². The molecule has 0 saturated carbocycles. The van der Waals surface area contributed by atoms with E-state index in [1.807, 2.05) is 370 Å². The maximum Gasteiger partial charge on any atom is 0.195 e. The first-order valence-electron chi connectivity index (χ1n) is 38.9. The number of allylic oxidation sites excluding steroid dienone is 12. The lowest BCUT2D eigenvalue weighted by molar-refractivity contribution is -0.109. The fourth-order valence-corrected chi connectivity index (χ4v) is 15.6. The lowest BCUT2D eigenvalue weighted by Gasteiger charge is -2.16. The Bertz CT molecular complexity index is 6760. The van der Waals surface area contributed by atoms with Gasteiger partial charge in [0.15, 0.2) is 17.3 Å². The maximum atomic E-state index is 15.9. The molecular formula is C112H70O5. The minimum atomic E-state index is -0.117. The van der Waals surface area contributed by atoms with Crippen molar-refractivity contribution in [3.05, 3.63) is 512 Å². The third-order valence-corrected chi connectivity index (χ3v) is 21.1. The Hall–Kier alpha value is -16.0. The van der Waals surface area contributed by atoms with Gasteiger partial charge in [0.1, 0.15) is 23.0 Å². The van der Waals surface area contributed by atoms with Crippen LogP contribution < -0.4 is 9.47 Å². The van der Waals surface area contributed by atoms with E-state index >= 15 is 14.4 Å². The first kappa shape index (κ1) is 72.6. The Morgan fingerprint density at radius 2 is 0.333 bits per heavy atom. The molecule has 0 amide bonds. The predicted molar refractivity (Wildman–Crippen MR) is 475 cm³/mol. The molecule has 0 spiro atoms. The summed E-state index contributed by atoms with van der Waals surface area (Å²) < 4.78 is 13.5. The van der Waals surface area contributed by atoms with Gasteiger partial charge >= 0.3 is 0 Å². The second-order valence-electron chi connectivity index (χ2n) is 28.7. The lowest BCUT2D eigenvalue weighted by atomic mass is 9.89. The number of Topliss-reactive ketones (excluding diaryl/α,β-unsaturated/α-hetero) is 3. The van der Waals surface area contributed by atoms with Gasteiger partial charge in [0.2, 0.25) is 0 Å². The fourth-order valence-electron chi connectivity index (χ4n) is 15.6. The van der Waals surface area contributed by atoms with E-state index in [4.69, 9.17) is 9.47 Å². The first-order valence-corrected chi connectivity index (χ1v) is 38.9. The van der Waals surface area contributed by atoms with Crippen molar-refractivity contribution in [3.8, 4) is 58.5 Å². The number of hydrogen-bond acceptors (Lipinski definition) is 5. The van der Waals surface area contributed by atoms with Gasteiger partial charge in [-0.25, -0.2) is 0 Å². The van der Waals surface area contributed by atoms with Crippen LogP contribution in [0.25, 0.3) is 66.9 Å². The van der Waals surface area contributed by atoms with Crippen LogP contribution in [0, 0.1) is 42.4 Å². The highest BCUT2D eigenvalue weighted by atomic mass is 16.5. The molecule has 548 valence electrons. The number of rotatable bonds is 16. The fraction of sp³-hybridized carbons (Fsp3) is 0.00893. The quantitative estimate of drug-likeness (QED) is 0.0902. The van der Waals surface area contributed by atoms with E-state index in [-0.39, 0.29) is 17.3 Å². The van der Waals surface area contributed by atoms with Crippen LogP contribution >= 0.6 is 0 Å². The van der Waals surface area contributed by atoms with Crippen LogP contribution in [0.5, 0.6) is 23.0 Å². The zero-order valence-corrected chi connectivity index (χ0v) is 63.7. The molecule has 5 nitrogen and oxygen atoms in total. The Kier molecular flexibility index (Phi) is 20.3. The molecule has 15 aromatic carbocycles. The normalized spacial score (nSPS) is 13.2. The maximum absolute atomic E-state index is 15.9. The molecule has 0 fully saturated rings. The standard InChI is InChI=1S/C112H70O5/c1-75-24-23-29-81(74-75)45-44-80-50-56-93(57-51-80)109-103(90-64-72-97(73-65-90)117-95-68-60-88(61-69-95)101-99(83-32-15-5-16-33-83)108(111(114)105(101)85-36-19-7-20-37-85)92-54-48-79(49-55-92)43-41-77-27-11-3-12-28-77)102(106(112(109)115)86-38-21-8-22-39-86)89-62-70-96(71-63-89)116-94-66-58-87(59-67-94)100-98(82-30-13-4-14-31-82)107(110(113)104(100)84-34-17-6-18-35-84)91-52-46-78(47-53-91)42-40-76-25-9-2-10-26-76/h2-39,46-74H,1H3. The number of aryl methyl sites for hydroxylation is 1. The van der Waals surface area contributed by atoms with Gasteiger partial charge in [0.25, 0.3) is 0 Å². The molecule has 0 radical (unpaired) electrons. The van der Waals surface area contributed by atoms with Crippen LogP contribution in [0.15, 0.2) is 406 Å². The minimum absolute atomic E-state index is 0.0623. The predicted octanol–water partition coefficient (Wildman–Crippen LogP) is 25.1. The van der Waals surface area contributed by atoms with Crippen LogP contribution in [0.2, 0.25) is 0 Å². The first-order chi connectivity index (χ1) is 57.7. The summed E-state index contributed by atoms with van der Waals surface area (Å²) in [6.45, 7) is 2.06. The minimum Gasteiger partial charge on any atom is -0.457 e. The van der Waals surface area contributed by atoms with E-state index in [1.54, 1.807) is 0 Å². The molecule has 0 atom stereocenters. The second kappa shape index (κ2) is 32.8. The number of benzene rings is 15. The second-order valence-corrected chi connectivity index (χ2v) is 28.7. The zero-order chi connectivity index (χ0) is 79.0. The largest absolute Gasteiger partial charge is 0.457 e. The summed E-state index contributed by atoms with van der Waals surface area (Å²) in [6, 6.07) is 134. The third-order valence-electron chi connectivity index (χ3n) is 21.1. The number of ether oxygens (including phenoxy) is 2. The highest BCUT2D eigenvalue weighted by molar-refractivity contribution is 6.61. The van der Waals surface area contributed by atoms with Gasteiger partial charge in [0.05, 0.1) is 0 Å². The van der Waals surface area contributed by atoms with Gasteiger partial charge in [-0.3, -0.25) is 14.4 Å². The van der Waals surface area contributed by atoms with Crippen molar-refractivity contribution in [2.24, 2.45) is 0 Å². The molecule has 0 N–H and O–H groups in total. The highest BCUT2D eigenvalue weighted by Crippen LogP contribution is 2.54. The molecular weight excluding hydrogens is 1430 g/mol. The van der Waals surface area contributed by atoms with E-state index < -0.39 is 0 Å². The smallest absolute Gasteiger partial charge is 0.195 e. The summed E-state index contributed by atoms with van der Waals surface area (Å²) in [6.07, 6.45) is 0. The number of carbonyl (C=O) groups is 3. The zero-order valence-electron chi connectivity index (χ0n) is 63.7. The van der Waals surface area contributed by atoms with E-state index in [2.05, 4.69) is 78.8 Å². The molecule has 3 aliphatic rings. The topological polar surface area (TPSA) is 69.7 Å². The van der Waals surface area contributed by atoms with Crippen LogP contribution in [0.4, 0.5) is 0 Å². The Morgan fingerprint density at radius 1 is 0.162 bits per heavy atom. The van der Waals surface area contributed by atoms with Crippen molar-refractivity contribution < 1.29 is 23.9 Å². The third kappa shape index (κ3) is 15.3. The van der Waals surface area contributed by atoms with E-state index in [0.717, 1.165) is 139 Å². The van der Waals surface area contributed by atoms with Gasteiger partial charge in [-0.15, -0.1) is 0 Å². The molecule has 18 rings (SSSR count). The molecule has 117 heavy (non-hydrogen) atoms. The molecule has 0 heterocycles. The van der Waals surface area contributed by atoms with E-state index in [0.29, 0.717) is 56.4 Å². The van der Waals surface area contributed by atoms with Gasteiger partial charge in [-0.1, -0.05) is 321 Å². The summed E-state index contributed by atoms with van der Waals surface area (Å²) in [4.78, 5) is 46.6. The number of carbonyl (C=O) groups excluding carboxylic acids is 3. The molecule has 0 saturated heterocycles. The SMILES string of the molecule is Cc1cccc(C#Cc2ccc(C3=C(c4ccc(Oc5ccc(C6=C(c7ccccc7)C(=O)C(c7ccc(C#Cc8ccccc8)cc7)=C6c6ccccc6)cc5)cc4)C(c4ccc(Oc5ccc(C6=C(c7ccccc7)C(=O)C(c7ccc(C#Cc8ccccc8)cc7)=C6c6ccccc6)cc5)cc4)=C(c4ccccc4)C3=O)cc2)c1. The molecule has 0 aromatic heterocycles.